The van der Waals surface area contributed by atoms with E-state index >= 15 is 0 Å². The number of nitrogens with one attached hydrogen (secondary N) is 2. The van der Waals surface area contributed by atoms with Gasteiger partial charge in [0.2, 0.25) is 0 Å². The van der Waals surface area contributed by atoms with Crippen molar-refractivity contribution in [2.24, 2.45) is 0 Å². The largest absolute Gasteiger partial charge is 0.308 e. The third-order valence-corrected chi connectivity index (χ3v) is 9.95. The first kappa shape index (κ1) is 23.5. The molecule has 0 aliphatic carbocycles. The van der Waals surface area contributed by atoms with E-state index in [1.807, 2.05) is 24.3 Å². The van der Waals surface area contributed by atoms with Crippen molar-refractivity contribution in [1.29, 1.82) is 0 Å². The second kappa shape index (κ2) is 10.2. The molecule has 4 nitrogen and oxygen atoms in total. The molecule has 34 heavy (non-hydrogen) atoms. The fraction of sp³-hybridized carbons (Fsp3) is 0.448. The van der Waals surface area contributed by atoms with E-state index in [1.165, 1.54) is 41.2 Å². The van der Waals surface area contributed by atoms with Crippen LogP contribution in [0.3, 0.4) is 0 Å². The maximum atomic E-state index is 13.8. The highest BCUT2D eigenvalue weighted by atomic mass is 32.2. The Morgan fingerprint density at radius 1 is 0.853 bits per heavy atom. The molecular formula is C29H36N2O2S. The zero-order valence-electron chi connectivity index (χ0n) is 20.0. The molecule has 2 aliphatic heterocycles. The van der Waals surface area contributed by atoms with Crippen LogP contribution in [0.25, 0.3) is 10.8 Å². The molecule has 3 aromatic rings. The van der Waals surface area contributed by atoms with Crippen molar-refractivity contribution >= 4 is 20.6 Å². The summed E-state index contributed by atoms with van der Waals surface area (Å²) in [7, 11) is -3.43. The van der Waals surface area contributed by atoms with Gasteiger partial charge in [0.25, 0.3) is 0 Å². The second-order valence-electron chi connectivity index (χ2n) is 10.0. The number of fused-ring (bicyclic) bond motifs is 3. The monoisotopic (exact) mass is 476 g/mol. The van der Waals surface area contributed by atoms with E-state index in [9.17, 15) is 8.42 Å². The van der Waals surface area contributed by atoms with Crippen molar-refractivity contribution in [3.8, 4) is 0 Å². The summed E-state index contributed by atoms with van der Waals surface area (Å²) in [6.45, 7) is 2.89. The summed E-state index contributed by atoms with van der Waals surface area (Å²) in [4.78, 5) is 0.460. The molecule has 2 N–H and O–H groups in total. The number of sulfone groups is 1. The highest BCUT2D eigenvalue weighted by Gasteiger charge is 2.53. The molecular weight excluding hydrogens is 440 g/mol. The molecule has 2 aliphatic rings. The van der Waals surface area contributed by atoms with Gasteiger partial charge in [-0.1, -0.05) is 74.7 Å². The Hall–Kier alpha value is -2.21. The van der Waals surface area contributed by atoms with Gasteiger partial charge in [-0.15, -0.1) is 0 Å². The van der Waals surface area contributed by atoms with Crippen LogP contribution in [0.5, 0.6) is 0 Å². The normalized spacial score (nSPS) is 24.1. The Labute approximate surface area is 204 Å². The minimum Gasteiger partial charge on any atom is -0.308 e. The lowest BCUT2D eigenvalue weighted by Gasteiger charge is -2.30. The number of rotatable bonds is 10. The molecule has 0 aromatic heterocycles. The molecule has 4 unspecified atom stereocenters. The van der Waals surface area contributed by atoms with Gasteiger partial charge in [-0.05, 0) is 65.8 Å². The zero-order chi connectivity index (χ0) is 23.5. The third-order valence-electron chi connectivity index (χ3n) is 7.69. The fourth-order valence-corrected chi connectivity index (χ4v) is 7.98. The Balaban J connectivity index is 1.30. The van der Waals surface area contributed by atoms with Crippen molar-refractivity contribution in [1.82, 2.24) is 10.6 Å². The number of hydrogen-bond donors (Lipinski definition) is 2. The Bertz CT molecular complexity index is 1220. The SMILES string of the molecule is CCCCCCc1ccc(S(=O)(=O)C2C3CCC(N3)C2NCc2ccc3ccccc3c2)cc1. The molecule has 180 valence electrons. The highest BCUT2D eigenvalue weighted by molar-refractivity contribution is 7.92. The van der Waals surface area contributed by atoms with E-state index in [1.54, 1.807) is 0 Å². The maximum Gasteiger partial charge on any atom is 0.184 e. The van der Waals surface area contributed by atoms with Gasteiger partial charge >= 0.3 is 0 Å². The van der Waals surface area contributed by atoms with E-state index in [4.69, 9.17) is 0 Å². The topological polar surface area (TPSA) is 58.2 Å². The number of unbranched alkanes of at least 4 members (excludes halogenated alkanes) is 3. The lowest BCUT2D eigenvalue weighted by molar-refractivity contribution is 0.409. The van der Waals surface area contributed by atoms with Crippen LogP contribution in [-0.4, -0.2) is 31.8 Å². The molecule has 2 heterocycles. The molecule has 0 spiro atoms. The Morgan fingerprint density at radius 2 is 1.59 bits per heavy atom. The van der Waals surface area contributed by atoms with Crippen LogP contribution >= 0.6 is 0 Å². The van der Waals surface area contributed by atoms with Gasteiger partial charge in [-0.3, -0.25) is 0 Å². The Morgan fingerprint density at radius 3 is 2.38 bits per heavy atom. The number of hydrogen-bond acceptors (Lipinski definition) is 4. The molecule has 0 radical (unpaired) electrons. The summed E-state index contributed by atoms with van der Waals surface area (Å²) in [6, 6.07) is 22.7. The predicted octanol–water partition coefficient (Wildman–Crippen LogP) is 5.40. The van der Waals surface area contributed by atoms with E-state index in [0.29, 0.717) is 11.4 Å². The first-order valence-corrected chi connectivity index (χ1v) is 14.4. The lowest BCUT2D eigenvalue weighted by Crippen LogP contribution is -2.50. The van der Waals surface area contributed by atoms with Gasteiger partial charge < -0.3 is 10.6 Å². The highest BCUT2D eigenvalue weighted by Crippen LogP contribution is 2.36. The second-order valence-corrected chi connectivity index (χ2v) is 12.1. The number of aryl methyl sites for hydroxylation is 1. The van der Waals surface area contributed by atoms with E-state index in [2.05, 4.69) is 60.0 Å². The van der Waals surface area contributed by atoms with E-state index in [0.717, 1.165) is 25.7 Å². The van der Waals surface area contributed by atoms with E-state index in [-0.39, 0.29) is 18.1 Å². The van der Waals surface area contributed by atoms with Crippen LogP contribution in [0.4, 0.5) is 0 Å². The summed E-state index contributed by atoms with van der Waals surface area (Å²) in [5, 5.41) is 9.22. The fourth-order valence-electron chi connectivity index (χ4n) is 5.83. The van der Waals surface area contributed by atoms with Crippen molar-refractivity contribution in [2.45, 2.75) is 86.7 Å². The van der Waals surface area contributed by atoms with Gasteiger partial charge in [-0.2, -0.15) is 0 Å². The molecule has 5 rings (SSSR count). The average molecular weight is 477 g/mol. The molecule has 2 saturated heterocycles. The third kappa shape index (κ3) is 4.79. The smallest absolute Gasteiger partial charge is 0.184 e. The molecule has 3 aromatic carbocycles. The summed E-state index contributed by atoms with van der Waals surface area (Å²) in [5.74, 6) is 0. The minimum absolute atomic E-state index is 0.0258. The molecule has 2 fully saturated rings. The molecule has 0 amide bonds. The maximum absolute atomic E-state index is 13.8. The minimum atomic E-state index is -3.43. The zero-order valence-corrected chi connectivity index (χ0v) is 20.9. The van der Waals surface area contributed by atoms with Gasteiger partial charge in [0, 0.05) is 24.7 Å². The van der Waals surface area contributed by atoms with Crippen molar-refractivity contribution in [2.75, 3.05) is 0 Å². The van der Waals surface area contributed by atoms with Crippen LogP contribution in [-0.2, 0) is 22.8 Å². The summed E-state index contributed by atoms with van der Waals surface area (Å²) < 4.78 is 27.5. The molecule has 0 saturated carbocycles. The van der Waals surface area contributed by atoms with Crippen molar-refractivity contribution in [3.63, 3.8) is 0 Å². The van der Waals surface area contributed by atoms with Crippen molar-refractivity contribution in [3.05, 3.63) is 77.9 Å². The standard InChI is InChI=1S/C29H36N2O2S/c1-2-3-4-5-8-21-12-15-25(16-13-21)34(32,33)29-27-18-17-26(31-27)28(29)30-20-22-11-14-23-9-6-7-10-24(23)19-22/h6-7,9-16,19,26-31H,2-5,8,17-18,20H2,1H3. The lowest BCUT2D eigenvalue weighted by atomic mass is 9.94. The van der Waals surface area contributed by atoms with Crippen molar-refractivity contribution < 1.29 is 8.42 Å². The van der Waals surface area contributed by atoms with Gasteiger partial charge in [0.15, 0.2) is 9.84 Å². The Kier molecular flexibility index (Phi) is 7.05. The first-order valence-electron chi connectivity index (χ1n) is 12.9. The van der Waals surface area contributed by atoms with Gasteiger partial charge in [0.1, 0.15) is 0 Å². The van der Waals surface area contributed by atoms with Crippen LogP contribution in [0.2, 0.25) is 0 Å². The first-order chi connectivity index (χ1) is 16.6. The quantitative estimate of drug-likeness (QED) is 0.385. The van der Waals surface area contributed by atoms with Crippen LogP contribution in [0.1, 0.15) is 56.6 Å². The van der Waals surface area contributed by atoms with E-state index < -0.39 is 15.1 Å². The number of benzene rings is 3. The van der Waals surface area contributed by atoms with Gasteiger partial charge in [-0.25, -0.2) is 8.42 Å². The molecule has 5 heteroatoms. The predicted molar refractivity (Wildman–Crippen MR) is 140 cm³/mol. The summed E-state index contributed by atoms with van der Waals surface area (Å²) in [6.07, 6.45) is 7.87. The van der Waals surface area contributed by atoms with Crippen LogP contribution in [0.15, 0.2) is 71.6 Å². The molecule has 2 bridgehead atoms. The summed E-state index contributed by atoms with van der Waals surface area (Å²) >= 11 is 0. The molecule has 4 atom stereocenters. The van der Waals surface area contributed by atoms with Gasteiger partial charge in [0.05, 0.1) is 10.1 Å². The summed E-state index contributed by atoms with van der Waals surface area (Å²) in [5.41, 5.74) is 2.41. The average Bonchev–Trinajstić information content (AvgIpc) is 3.48. The van der Waals surface area contributed by atoms with Crippen LogP contribution in [0, 0.1) is 0 Å². The van der Waals surface area contributed by atoms with Crippen LogP contribution < -0.4 is 10.6 Å².